The molecule has 1 nitrogen and oxygen atoms in total. The average molecular weight is 441 g/mol. The summed E-state index contributed by atoms with van der Waals surface area (Å²) < 4.78 is 0. The molecule has 0 aromatic rings. The molecule has 0 spiro atoms. The predicted molar refractivity (Wildman–Crippen MR) is 136 cm³/mol. The van der Waals surface area contributed by atoms with E-state index in [1.165, 1.54) is 69.8 Å². The second kappa shape index (κ2) is 8.27. The maximum Gasteiger partial charge on any atom is 0.138 e. The quantitative estimate of drug-likeness (QED) is 0.390. The monoisotopic (exact) mass is 440 g/mol. The molecular formula is C31H52O. The molecule has 1 heteroatoms. The van der Waals surface area contributed by atoms with E-state index in [1.807, 2.05) is 0 Å². The van der Waals surface area contributed by atoms with E-state index in [-0.39, 0.29) is 5.41 Å². The smallest absolute Gasteiger partial charge is 0.138 e. The maximum atomic E-state index is 12.9. The van der Waals surface area contributed by atoms with Crippen LogP contribution in [0.2, 0.25) is 0 Å². The summed E-state index contributed by atoms with van der Waals surface area (Å²) in [5.74, 6) is 4.51. The number of rotatable bonds is 5. The van der Waals surface area contributed by atoms with Crippen molar-refractivity contribution < 1.29 is 4.79 Å². The Bertz CT molecular complexity index is 756. The Morgan fingerprint density at radius 3 is 2.34 bits per heavy atom. The maximum absolute atomic E-state index is 12.9. The highest BCUT2D eigenvalue weighted by atomic mass is 16.1. The summed E-state index contributed by atoms with van der Waals surface area (Å²) >= 11 is 0. The number of carbonyl (C=O) groups is 1. The molecule has 0 unspecified atom stereocenters. The summed E-state index contributed by atoms with van der Waals surface area (Å²) in [5.41, 5.74) is 2.82. The second-order valence-electron chi connectivity index (χ2n) is 13.9. The lowest BCUT2D eigenvalue weighted by Gasteiger charge is -2.68. The average Bonchev–Trinajstić information content (AvgIpc) is 3.01. The molecule has 0 radical (unpaired) electrons. The van der Waals surface area contributed by atoms with Crippen molar-refractivity contribution in [2.75, 3.05) is 0 Å². The van der Waals surface area contributed by atoms with Crippen LogP contribution in [0.4, 0.5) is 0 Å². The molecule has 4 saturated carbocycles. The van der Waals surface area contributed by atoms with Gasteiger partial charge in [-0.2, -0.15) is 0 Å². The molecule has 182 valence electrons. The molecule has 0 heterocycles. The number of ketones is 1. The van der Waals surface area contributed by atoms with Crippen molar-refractivity contribution in [3.63, 3.8) is 0 Å². The van der Waals surface area contributed by atoms with Gasteiger partial charge in [0, 0.05) is 11.8 Å². The molecule has 0 amide bonds. The highest BCUT2D eigenvalue weighted by Gasteiger charge is 2.69. The molecule has 32 heavy (non-hydrogen) atoms. The summed E-state index contributed by atoms with van der Waals surface area (Å²) in [6.07, 6.45) is 16.8. The van der Waals surface area contributed by atoms with E-state index in [9.17, 15) is 4.79 Å². The molecule has 0 bridgehead atoms. The lowest BCUT2D eigenvalue weighted by atomic mass is 9.36. The van der Waals surface area contributed by atoms with Crippen LogP contribution in [0.3, 0.4) is 0 Å². The molecular weight excluding hydrogens is 388 g/mol. The first-order valence-electron chi connectivity index (χ1n) is 14.1. The second-order valence-corrected chi connectivity index (χ2v) is 13.9. The molecule has 4 aliphatic carbocycles. The molecule has 0 N–H and O–H groups in total. The van der Waals surface area contributed by atoms with Gasteiger partial charge in [-0.15, -0.1) is 0 Å². The van der Waals surface area contributed by atoms with Crippen molar-refractivity contribution in [3.05, 3.63) is 11.6 Å². The Morgan fingerprint density at radius 1 is 0.969 bits per heavy atom. The van der Waals surface area contributed by atoms with E-state index in [2.05, 4.69) is 61.5 Å². The fourth-order valence-electron chi connectivity index (χ4n) is 10.4. The highest BCUT2D eigenvalue weighted by molar-refractivity contribution is 5.85. The molecule has 4 fully saturated rings. The minimum absolute atomic E-state index is 0.102. The van der Waals surface area contributed by atoms with Crippen LogP contribution < -0.4 is 0 Å². The number of carbonyl (C=O) groups excluding carboxylic acids is 1. The summed E-state index contributed by atoms with van der Waals surface area (Å²) in [7, 11) is 0. The largest absolute Gasteiger partial charge is 0.299 e. The van der Waals surface area contributed by atoms with Crippen molar-refractivity contribution in [1.29, 1.82) is 0 Å². The molecule has 0 saturated heterocycles. The zero-order valence-corrected chi connectivity index (χ0v) is 22.7. The van der Waals surface area contributed by atoms with E-state index in [0.717, 1.165) is 30.1 Å². The van der Waals surface area contributed by atoms with Crippen LogP contribution in [-0.4, -0.2) is 5.78 Å². The number of Topliss-reactive ketones (excluding diaryl/α,β-unsaturated/α-hetero) is 1. The van der Waals surface area contributed by atoms with Crippen molar-refractivity contribution in [2.45, 2.75) is 126 Å². The van der Waals surface area contributed by atoms with Gasteiger partial charge in [-0.1, -0.05) is 53.2 Å². The summed E-state index contributed by atoms with van der Waals surface area (Å²) in [5, 5.41) is 0. The van der Waals surface area contributed by atoms with Gasteiger partial charge in [0.15, 0.2) is 0 Å². The van der Waals surface area contributed by atoms with Gasteiger partial charge in [-0.05, 0) is 124 Å². The fourth-order valence-corrected chi connectivity index (χ4v) is 10.4. The van der Waals surface area contributed by atoms with Crippen molar-refractivity contribution in [1.82, 2.24) is 0 Å². The van der Waals surface area contributed by atoms with Gasteiger partial charge >= 0.3 is 0 Å². The van der Waals surface area contributed by atoms with E-state index < -0.39 is 0 Å². The molecule has 4 rings (SSSR count). The minimum atomic E-state index is -0.102. The zero-order chi connectivity index (χ0) is 23.5. The minimum Gasteiger partial charge on any atom is -0.299 e. The van der Waals surface area contributed by atoms with Gasteiger partial charge in [0.05, 0.1) is 0 Å². The lowest BCUT2D eigenvalue weighted by Crippen LogP contribution is -2.62. The molecule has 0 aliphatic heterocycles. The molecule has 4 aliphatic rings. The molecule has 8 atom stereocenters. The Labute approximate surface area is 199 Å². The predicted octanol–water partition coefficient (Wildman–Crippen LogP) is 9.01. The van der Waals surface area contributed by atoms with E-state index >= 15 is 0 Å². The van der Waals surface area contributed by atoms with E-state index in [4.69, 9.17) is 0 Å². The van der Waals surface area contributed by atoms with Gasteiger partial charge in [-0.3, -0.25) is 4.79 Å². The number of hydrogen-bond acceptors (Lipinski definition) is 1. The third kappa shape index (κ3) is 3.33. The van der Waals surface area contributed by atoms with Crippen molar-refractivity contribution in [3.8, 4) is 0 Å². The summed E-state index contributed by atoms with van der Waals surface area (Å²) in [6, 6.07) is 0. The van der Waals surface area contributed by atoms with Gasteiger partial charge < -0.3 is 0 Å². The first kappa shape index (κ1) is 24.5. The fraction of sp³-hybridized carbons (Fsp3) is 0.903. The van der Waals surface area contributed by atoms with Crippen LogP contribution in [0.1, 0.15) is 126 Å². The Kier molecular flexibility index (Phi) is 6.34. The van der Waals surface area contributed by atoms with Crippen LogP contribution in [-0.2, 0) is 4.79 Å². The zero-order valence-electron chi connectivity index (χ0n) is 22.7. The third-order valence-corrected chi connectivity index (χ3v) is 12.5. The van der Waals surface area contributed by atoms with E-state index in [0.29, 0.717) is 27.9 Å². The SMILES string of the molecule is CC[C@@]12CC[C@]3(C)[C@@H]([C@H](C)CCC=C(C)C)CC[C@@]3(C)[C@@H]1CC[C@@H]1[C@H]2CCC(=O)C1(C)C. The van der Waals surface area contributed by atoms with Crippen molar-refractivity contribution in [2.24, 2.45) is 51.2 Å². The van der Waals surface area contributed by atoms with Crippen LogP contribution in [0, 0.1) is 51.2 Å². The van der Waals surface area contributed by atoms with E-state index in [1.54, 1.807) is 0 Å². The topological polar surface area (TPSA) is 17.1 Å². The first-order valence-corrected chi connectivity index (χ1v) is 14.1. The van der Waals surface area contributed by atoms with Gasteiger partial charge in [0.25, 0.3) is 0 Å². The van der Waals surface area contributed by atoms with Gasteiger partial charge in [0.2, 0.25) is 0 Å². The third-order valence-electron chi connectivity index (χ3n) is 12.5. The van der Waals surface area contributed by atoms with Crippen LogP contribution in [0.5, 0.6) is 0 Å². The lowest BCUT2D eigenvalue weighted by molar-refractivity contribution is -0.197. The Morgan fingerprint density at radius 2 is 1.69 bits per heavy atom. The Hall–Kier alpha value is -0.590. The summed E-state index contributed by atoms with van der Waals surface area (Å²) in [6.45, 7) is 19.5. The van der Waals surface area contributed by atoms with Gasteiger partial charge in [0.1, 0.15) is 5.78 Å². The van der Waals surface area contributed by atoms with Gasteiger partial charge in [-0.25, -0.2) is 0 Å². The number of hydrogen-bond donors (Lipinski definition) is 0. The van der Waals surface area contributed by atoms with Crippen LogP contribution >= 0.6 is 0 Å². The van der Waals surface area contributed by atoms with Crippen LogP contribution in [0.15, 0.2) is 11.6 Å². The number of fused-ring (bicyclic) bond motifs is 5. The van der Waals surface area contributed by atoms with Crippen molar-refractivity contribution >= 4 is 5.78 Å². The molecule has 0 aromatic carbocycles. The summed E-state index contributed by atoms with van der Waals surface area (Å²) in [4.78, 5) is 12.9. The Balaban J connectivity index is 1.63. The molecule has 0 aromatic heterocycles. The first-order chi connectivity index (χ1) is 14.9. The number of allylic oxidation sites excluding steroid dienone is 2. The normalized spacial score (nSPS) is 46.1. The highest BCUT2D eigenvalue weighted by Crippen LogP contribution is 2.76. The van der Waals surface area contributed by atoms with Crippen LogP contribution in [0.25, 0.3) is 0 Å². The standard InChI is InChI=1S/C31H52O/c1-9-31-20-19-29(7)23(22(4)12-10-11-21(2)3)17-18-30(29,8)26(31)15-13-24-25(31)14-16-27(32)28(24,5)6/h11,22-26H,9-10,12-20H2,1-8H3/t22-,23-,24-,25-,26+,29-,30+,31+/m1/s1.